The second kappa shape index (κ2) is 7.09. The summed E-state index contributed by atoms with van der Waals surface area (Å²) in [6.07, 6.45) is 0.299. The number of ether oxygens (including phenoxy) is 1. The van der Waals surface area contributed by atoms with Crippen LogP contribution in [0.1, 0.15) is 23.5 Å². The molecule has 5 rings (SSSR count). The van der Waals surface area contributed by atoms with E-state index in [4.69, 9.17) is 4.74 Å². The number of anilines is 1. The molecule has 5 heteroatoms. The Bertz CT molecular complexity index is 1030. The normalized spacial score (nSPS) is 18.0. The first-order chi connectivity index (χ1) is 14.2. The fourth-order valence-electron chi connectivity index (χ4n) is 4.14. The Morgan fingerprint density at radius 3 is 2.10 bits per heavy atom. The van der Waals surface area contributed by atoms with Crippen molar-refractivity contribution in [1.82, 2.24) is 5.32 Å². The van der Waals surface area contributed by atoms with Gasteiger partial charge in [-0.2, -0.15) is 0 Å². The Labute approximate surface area is 168 Å². The van der Waals surface area contributed by atoms with Crippen LogP contribution in [0.15, 0.2) is 78.9 Å². The average molecular weight is 384 g/mol. The summed E-state index contributed by atoms with van der Waals surface area (Å²) >= 11 is 0. The maximum Gasteiger partial charge on any atom is 0.232 e. The number of nitrogens with zero attached hydrogens (tertiary/aromatic N) is 1. The van der Waals surface area contributed by atoms with Gasteiger partial charge in [0, 0.05) is 29.8 Å². The Morgan fingerprint density at radius 1 is 0.862 bits per heavy atom. The Balaban J connectivity index is 1.40. The molecule has 2 aliphatic rings. The van der Waals surface area contributed by atoms with Crippen molar-refractivity contribution < 1.29 is 14.3 Å². The quantitative estimate of drug-likeness (QED) is 0.746. The molecule has 0 spiro atoms. The van der Waals surface area contributed by atoms with E-state index in [2.05, 4.69) is 5.32 Å². The SMILES string of the molecule is O=C(NC1CC(=O)N(c2ccccc2)C1)C1c2ccccc2Oc2ccccc21. The fourth-order valence-corrected chi connectivity index (χ4v) is 4.14. The molecule has 3 aromatic rings. The van der Waals surface area contributed by atoms with Crippen LogP contribution < -0.4 is 15.0 Å². The zero-order valence-electron chi connectivity index (χ0n) is 15.7. The lowest BCUT2D eigenvalue weighted by molar-refractivity contribution is -0.122. The number of carbonyl (C=O) groups excluding carboxylic acids is 2. The Kier molecular flexibility index (Phi) is 4.28. The molecule has 0 bridgehead atoms. The fraction of sp³-hybridized carbons (Fsp3) is 0.167. The first-order valence-electron chi connectivity index (χ1n) is 9.72. The number of rotatable bonds is 3. The Hall–Kier alpha value is -3.60. The van der Waals surface area contributed by atoms with E-state index in [9.17, 15) is 9.59 Å². The molecule has 2 aliphatic heterocycles. The van der Waals surface area contributed by atoms with Crippen molar-refractivity contribution in [3.8, 4) is 11.5 Å². The molecule has 1 fully saturated rings. The number of fused-ring (bicyclic) bond motifs is 2. The van der Waals surface area contributed by atoms with Crippen molar-refractivity contribution in [1.29, 1.82) is 0 Å². The summed E-state index contributed by atoms with van der Waals surface area (Å²) < 4.78 is 5.98. The maximum atomic E-state index is 13.3. The van der Waals surface area contributed by atoms with Crippen LogP contribution >= 0.6 is 0 Å². The summed E-state index contributed by atoms with van der Waals surface area (Å²) in [7, 11) is 0. The molecular weight excluding hydrogens is 364 g/mol. The minimum absolute atomic E-state index is 0.0225. The molecule has 5 nitrogen and oxygen atoms in total. The third-order valence-corrected chi connectivity index (χ3v) is 5.48. The van der Waals surface area contributed by atoms with Crippen molar-refractivity contribution in [2.75, 3.05) is 11.4 Å². The van der Waals surface area contributed by atoms with Crippen LogP contribution in [0.5, 0.6) is 11.5 Å². The van der Waals surface area contributed by atoms with Crippen molar-refractivity contribution >= 4 is 17.5 Å². The molecule has 3 aromatic carbocycles. The van der Waals surface area contributed by atoms with Crippen LogP contribution in [0.4, 0.5) is 5.69 Å². The van der Waals surface area contributed by atoms with Gasteiger partial charge in [-0.15, -0.1) is 0 Å². The van der Waals surface area contributed by atoms with Crippen molar-refractivity contribution in [3.05, 3.63) is 90.0 Å². The number of carbonyl (C=O) groups is 2. The van der Waals surface area contributed by atoms with Crippen LogP contribution in [0.3, 0.4) is 0 Å². The number of hydrogen-bond acceptors (Lipinski definition) is 3. The van der Waals surface area contributed by atoms with Crippen LogP contribution in [-0.2, 0) is 9.59 Å². The average Bonchev–Trinajstić information content (AvgIpc) is 3.12. The lowest BCUT2D eigenvalue weighted by Gasteiger charge is -2.28. The number of amides is 2. The molecule has 1 atom stereocenters. The predicted molar refractivity (Wildman–Crippen MR) is 110 cm³/mol. The highest BCUT2D eigenvalue weighted by molar-refractivity contribution is 5.97. The molecule has 0 aromatic heterocycles. The second-order valence-corrected chi connectivity index (χ2v) is 7.36. The van der Waals surface area contributed by atoms with Gasteiger partial charge in [0.2, 0.25) is 11.8 Å². The monoisotopic (exact) mass is 384 g/mol. The van der Waals surface area contributed by atoms with Gasteiger partial charge < -0.3 is 15.0 Å². The number of nitrogens with one attached hydrogen (secondary N) is 1. The summed E-state index contributed by atoms with van der Waals surface area (Å²) in [6.45, 7) is 0.473. The molecule has 1 saturated heterocycles. The van der Waals surface area contributed by atoms with Crippen LogP contribution in [0.2, 0.25) is 0 Å². The third-order valence-electron chi connectivity index (χ3n) is 5.48. The summed E-state index contributed by atoms with van der Waals surface area (Å²) in [6, 6.07) is 24.5. The van der Waals surface area contributed by atoms with Crippen LogP contribution in [0.25, 0.3) is 0 Å². The number of benzene rings is 3. The summed E-state index contributed by atoms with van der Waals surface area (Å²) in [4.78, 5) is 27.6. The van der Waals surface area contributed by atoms with Gasteiger partial charge in [0.25, 0.3) is 0 Å². The van der Waals surface area contributed by atoms with E-state index in [1.54, 1.807) is 4.90 Å². The standard InChI is InChI=1S/C24H20N2O3/c27-22-14-16(15-26(22)17-8-2-1-3-9-17)25-24(28)23-18-10-4-6-12-20(18)29-21-13-7-5-11-19(21)23/h1-13,16,23H,14-15H2,(H,25,28). The minimum atomic E-state index is -0.461. The van der Waals surface area contributed by atoms with Gasteiger partial charge in [0.15, 0.2) is 0 Å². The molecule has 2 heterocycles. The summed E-state index contributed by atoms with van der Waals surface area (Å²) in [5, 5.41) is 3.10. The van der Waals surface area contributed by atoms with Gasteiger partial charge in [0.05, 0.1) is 12.0 Å². The first-order valence-corrected chi connectivity index (χ1v) is 9.72. The van der Waals surface area contributed by atoms with Crippen molar-refractivity contribution in [2.24, 2.45) is 0 Å². The lowest BCUT2D eigenvalue weighted by atomic mass is 9.87. The van der Waals surface area contributed by atoms with E-state index >= 15 is 0 Å². The van der Waals surface area contributed by atoms with E-state index in [-0.39, 0.29) is 17.9 Å². The van der Waals surface area contributed by atoms with Gasteiger partial charge in [0.1, 0.15) is 11.5 Å². The van der Waals surface area contributed by atoms with E-state index in [1.807, 2.05) is 78.9 Å². The number of hydrogen-bond donors (Lipinski definition) is 1. The molecule has 0 aliphatic carbocycles. The molecule has 1 N–H and O–H groups in total. The van der Waals surface area contributed by atoms with Crippen LogP contribution in [0, 0.1) is 0 Å². The lowest BCUT2D eigenvalue weighted by Crippen LogP contribution is -2.40. The van der Waals surface area contributed by atoms with Crippen molar-refractivity contribution in [3.63, 3.8) is 0 Å². The van der Waals surface area contributed by atoms with Gasteiger partial charge >= 0.3 is 0 Å². The highest BCUT2D eigenvalue weighted by Gasteiger charge is 2.36. The molecule has 1 unspecified atom stereocenters. The topological polar surface area (TPSA) is 58.6 Å². The molecule has 144 valence electrons. The molecular formula is C24H20N2O3. The maximum absolute atomic E-state index is 13.3. The molecule has 29 heavy (non-hydrogen) atoms. The first kappa shape index (κ1) is 17.5. The predicted octanol–water partition coefficient (Wildman–Crippen LogP) is 3.85. The smallest absolute Gasteiger partial charge is 0.232 e. The third kappa shape index (κ3) is 3.14. The zero-order chi connectivity index (χ0) is 19.8. The highest BCUT2D eigenvalue weighted by Crippen LogP contribution is 2.44. The molecule has 0 saturated carbocycles. The van der Waals surface area contributed by atoms with Gasteiger partial charge in [-0.1, -0.05) is 54.6 Å². The molecule has 2 amide bonds. The van der Waals surface area contributed by atoms with E-state index in [1.165, 1.54) is 0 Å². The van der Waals surface area contributed by atoms with Crippen molar-refractivity contribution in [2.45, 2.75) is 18.4 Å². The zero-order valence-corrected chi connectivity index (χ0v) is 15.7. The van der Waals surface area contributed by atoms with E-state index in [0.717, 1.165) is 16.8 Å². The highest BCUT2D eigenvalue weighted by atomic mass is 16.5. The van der Waals surface area contributed by atoms with Gasteiger partial charge in [-0.3, -0.25) is 9.59 Å². The second-order valence-electron chi connectivity index (χ2n) is 7.36. The van der Waals surface area contributed by atoms with Gasteiger partial charge in [-0.05, 0) is 24.3 Å². The Morgan fingerprint density at radius 2 is 1.45 bits per heavy atom. The van der Waals surface area contributed by atoms with Crippen LogP contribution in [-0.4, -0.2) is 24.4 Å². The minimum Gasteiger partial charge on any atom is -0.457 e. The van der Waals surface area contributed by atoms with Gasteiger partial charge in [-0.25, -0.2) is 0 Å². The summed E-state index contributed by atoms with van der Waals surface area (Å²) in [5.74, 6) is 0.840. The van der Waals surface area contributed by atoms with E-state index in [0.29, 0.717) is 24.5 Å². The summed E-state index contributed by atoms with van der Waals surface area (Å²) in [5.41, 5.74) is 2.54. The molecule has 0 radical (unpaired) electrons. The number of para-hydroxylation sites is 3. The largest absolute Gasteiger partial charge is 0.457 e. The van der Waals surface area contributed by atoms with E-state index < -0.39 is 5.92 Å².